The fourth-order valence-corrected chi connectivity index (χ4v) is 12.9. The van der Waals surface area contributed by atoms with Gasteiger partial charge in [-0.1, -0.05) is 336 Å². The number of carbonyl (C=O) groups is 4. The third-order valence-corrected chi connectivity index (χ3v) is 19.2. The van der Waals surface area contributed by atoms with Gasteiger partial charge < -0.3 is 33.8 Å². The average molecular weight is 1370 g/mol. The van der Waals surface area contributed by atoms with Crippen LogP contribution in [0.3, 0.4) is 0 Å². The van der Waals surface area contributed by atoms with Crippen LogP contribution in [0.25, 0.3) is 0 Å². The number of esters is 4. The molecule has 0 aliphatic rings. The Morgan fingerprint density at radius 1 is 0.290 bits per heavy atom. The van der Waals surface area contributed by atoms with Crippen molar-refractivity contribution in [1.29, 1.82) is 0 Å². The molecule has 0 aromatic heterocycles. The summed E-state index contributed by atoms with van der Waals surface area (Å²) in [5.41, 5.74) is 0. The SMILES string of the molecule is CCCCCCCCCCCCCCCCCCCC(=O)O[C@H](COC(=O)CCCCCCCCCCCCCCC)COP(=O)(O)OC[C@@H](O)COP(=O)(O)OC[C@@H](COC(=O)CCCCCCCCCCC(C)C)OC(=O)CCCCCCCCCCCCCC. The van der Waals surface area contributed by atoms with E-state index in [4.69, 9.17) is 37.0 Å². The minimum atomic E-state index is -4.95. The van der Waals surface area contributed by atoms with Crippen LogP contribution in [-0.4, -0.2) is 96.7 Å². The second-order valence-corrected chi connectivity index (χ2v) is 30.1. The first-order valence-corrected chi connectivity index (χ1v) is 41.6. The molecule has 3 N–H and O–H groups in total. The molecule has 0 amide bonds. The quantitative estimate of drug-likeness (QED) is 0.0222. The third kappa shape index (κ3) is 68.4. The minimum absolute atomic E-state index is 0.107. The van der Waals surface area contributed by atoms with Crippen molar-refractivity contribution >= 4 is 39.5 Å². The molecule has 0 aliphatic heterocycles. The molecule has 0 heterocycles. The highest BCUT2D eigenvalue weighted by Gasteiger charge is 2.30. The van der Waals surface area contributed by atoms with E-state index in [-0.39, 0.29) is 25.7 Å². The number of carbonyl (C=O) groups excluding carboxylic acids is 4. The van der Waals surface area contributed by atoms with Gasteiger partial charge in [-0.05, 0) is 31.6 Å². The molecule has 5 atom stereocenters. The minimum Gasteiger partial charge on any atom is -0.462 e. The number of aliphatic hydroxyl groups is 1. The predicted molar refractivity (Wildman–Crippen MR) is 377 cm³/mol. The number of aliphatic hydroxyl groups excluding tert-OH is 1. The molecule has 0 aliphatic carbocycles. The van der Waals surface area contributed by atoms with Gasteiger partial charge in [0.1, 0.15) is 19.3 Å². The Balaban J connectivity index is 5.24. The lowest BCUT2D eigenvalue weighted by molar-refractivity contribution is -0.161. The van der Waals surface area contributed by atoms with Gasteiger partial charge in [-0.25, -0.2) is 9.13 Å². The maximum absolute atomic E-state index is 13.1. The maximum atomic E-state index is 13.1. The molecule has 0 radical (unpaired) electrons. The highest BCUT2D eigenvalue weighted by Crippen LogP contribution is 2.45. The zero-order valence-electron chi connectivity index (χ0n) is 60.4. The molecule has 0 fully saturated rings. The van der Waals surface area contributed by atoms with E-state index in [1.807, 2.05) is 0 Å². The van der Waals surface area contributed by atoms with Gasteiger partial charge in [-0.15, -0.1) is 0 Å². The van der Waals surface area contributed by atoms with Gasteiger partial charge >= 0.3 is 39.5 Å². The molecule has 93 heavy (non-hydrogen) atoms. The molecule has 0 aromatic rings. The van der Waals surface area contributed by atoms with Gasteiger partial charge in [0.25, 0.3) is 0 Å². The Bertz CT molecular complexity index is 1790. The lowest BCUT2D eigenvalue weighted by Crippen LogP contribution is -2.30. The van der Waals surface area contributed by atoms with Gasteiger partial charge in [0, 0.05) is 25.7 Å². The molecule has 0 aromatic carbocycles. The van der Waals surface area contributed by atoms with Crippen molar-refractivity contribution in [3.05, 3.63) is 0 Å². The summed E-state index contributed by atoms with van der Waals surface area (Å²) in [5, 5.41) is 10.6. The Kier molecular flexibility index (Phi) is 65.9. The van der Waals surface area contributed by atoms with E-state index < -0.39 is 97.5 Å². The number of unbranched alkanes of at least 4 members (excludes halogenated alkanes) is 46. The normalized spacial score (nSPS) is 14.0. The Morgan fingerprint density at radius 2 is 0.495 bits per heavy atom. The monoisotopic (exact) mass is 1370 g/mol. The van der Waals surface area contributed by atoms with Gasteiger partial charge in [0.05, 0.1) is 26.4 Å². The van der Waals surface area contributed by atoms with Crippen LogP contribution in [-0.2, 0) is 65.4 Å². The van der Waals surface area contributed by atoms with E-state index in [1.165, 1.54) is 212 Å². The van der Waals surface area contributed by atoms with Crippen LogP contribution in [0, 0.1) is 5.92 Å². The zero-order valence-corrected chi connectivity index (χ0v) is 62.2. The second kappa shape index (κ2) is 67.3. The van der Waals surface area contributed by atoms with Crippen LogP contribution < -0.4 is 0 Å². The molecule has 19 heteroatoms. The molecule has 0 saturated heterocycles. The van der Waals surface area contributed by atoms with Crippen molar-refractivity contribution in [3.8, 4) is 0 Å². The fourth-order valence-electron chi connectivity index (χ4n) is 11.4. The van der Waals surface area contributed by atoms with Gasteiger partial charge in [-0.2, -0.15) is 0 Å². The number of phosphoric ester groups is 2. The topological polar surface area (TPSA) is 237 Å². The van der Waals surface area contributed by atoms with E-state index in [0.29, 0.717) is 25.7 Å². The summed E-state index contributed by atoms with van der Waals surface area (Å²) >= 11 is 0. The Labute approximate surface area is 568 Å². The first-order chi connectivity index (χ1) is 45.0. The standard InChI is InChI=1S/C74H144O17P2/c1-6-9-12-15-18-21-24-27-28-29-30-32-35-38-45-50-55-60-74(79)90-69(63-84-71(76)57-52-47-42-36-34-31-25-22-19-16-13-10-7-2)65-88-92(80,81)86-61-68(75)62-87-93(82,83)89-66-70(64-85-72(77)58-53-48-43-40-39-41-46-51-56-67(4)5)91-73(78)59-54-49-44-37-33-26-23-20-17-14-11-8-3/h67-70,75H,6-66H2,1-5H3,(H,80,81)(H,82,83)/t68-,69-,70-/m1/s1. The molecule has 0 spiro atoms. The largest absolute Gasteiger partial charge is 0.472 e. The number of rotatable bonds is 74. The maximum Gasteiger partial charge on any atom is 0.472 e. The van der Waals surface area contributed by atoms with Crippen molar-refractivity contribution in [1.82, 2.24) is 0 Å². The lowest BCUT2D eigenvalue weighted by atomic mass is 10.0. The summed E-state index contributed by atoms with van der Waals surface area (Å²) < 4.78 is 68.5. The van der Waals surface area contributed by atoms with E-state index in [2.05, 4.69) is 34.6 Å². The van der Waals surface area contributed by atoms with Crippen LogP contribution in [0.5, 0.6) is 0 Å². The first-order valence-electron chi connectivity index (χ1n) is 38.6. The van der Waals surface area contributed by atoms with Crippen LogP contribution in [0.1, 0.15) is 388 Å². The summed E-state index contributed by atoms with van der Waals surface area (Å²) in [5.74, 6) is -1.39. The summed E-state index contributed by atoms with van der Waals surface area (Å²) in [6.07, 6.45) is 55.4. The number of ether oxygens (including phenoxy) is 4. The number of hydrogen-bond acceptors (Lipinski definition) is 15. The van der Waals surface area contributed by atoms with Crippen molar-refractivity contribution in [2.45, 2.75) is 406 Å². The van der Waals surface area contributed by atoms with Crippen LogP contribution in [0.15, 0.2) is 0 Å². The smallest absolute Gasteiger partial charge is 0.462 e. The summed E-state index contributed by atoms with van der Waals surface area (Å²) in [6, 6.07) is 0. The fraction of sp³-hybridized carbons (Fsp3) is 0.946. The van der Waals surface area contributed by atoms with Crippen LogP contribution >= 0.6 is 15.6 Å². The van der Waals surface area contributed by atoms with E-state index in [1.54, 1.807) is 0 Å². The Morgan fingerprint density at radius 3 is 0.731 bits per heavy atom. The molecule has 0 rings (SSSR count). The van der Waals surface area contributed by atoms with Gasteiger partial charge in [0.15, 0.2) is 12.2 Å². The molecular weight excluding hydrogens is 1220 g/mol. The molecule has 2 unspecified atom stereocenters. The third-order valence-electron chi connectivity index (χ3n) is 17.3. The van der Waals surface area contributed by atoms with Gasteiger partial charge in [0.2, 0.25) is 0 Å². The van der Waals surface area contributed by atoms with Crippen LogP contribution in [0.2, 0.25) is 0 Å². The molecule has 17 nitrogen and oxygen atoms in total. The first kappa shape index (κ1) is 91.1. The molecular formula is C74H144O17P2. The summed E-state index contributed by atoms with van der Waals surface area (Å²) in [6.45, 7) is 7.25. The molecule has 0 saturated carbocycles. The number of hydrogen-bond donors (Lipinski definition) is 3. The highest BCUT2D eigenvalue weighted by atomic mass is 31.2. The van der Waals surface area contributed by atoms with Crippen LogP contribution in [0.4, 0.5) is 0 Å². The van der Waals surface area contributed by atoms with Crippen molar-refractivity contribution in [3.63, 3.8) is 0 Å². The Hall–Kier alpha value is -1.94. The van der Waals surface area contributed by atoms with Crippen molar-refractivity contribution in [2.75, 3.05) is 39.6 Å². The average Bonchev–Trinajstić information content (AvgIpc) is 2.77. The van der Waals surface area contributed by atoms with Crippen molar-refractivity contribution in [2.24, 2.45) is 5.92 Å². The summed E-state index contributed by atoms with van der Waals surface area (Å²) in [7, 11) is -9.91. The summed E-state index contributed by atoms with van der Waals surface area (Å²) in [4.78, 5) is 72.7. The molecule has 552 valence electrons. The van der Waals surface area contributed by atoms with E-state index in [0.717, 1.165) is 95.8 Å². The van der Waals surface area contributed by atoms with Gasteiger partial charge in [-0.3, -0.25) is 37.3 Å². The lowest BCUT2D eigenvalue weighted by Gasteiger charge is -2.21. The molecule has 0 bridgehead atoms. The van der Waals surface area contributed by atoms with Crippen molar-refractivity contribution < 1.29 is 80.2 Å². The second-order valence-electron chi connectivity index (χ2n) is 27.2. The predicted octanol–water partition coefficient (Wildman–Crippen LogP) is 21.7. The highest BCUT2D eigenvalue weighted by molar-refractivity contribution is 7.47. The van der Waals surface area contributed by atoms with E-state index >= 15 is 0 Å². The number of phosphoric acid groups is 2. The van der Waals surface area contributed by atoms with E-state index in [9.17, 15) is 43.2 Å². The zero-order chi connectivity index (χ0) is 68.4.